The summed E-state index contributed by atoms with van der Waals surface area (Å²) < 4.78 is 5.38. The largest absolute Gasteiger partial charge is 0.497 e. The molecule has 0 amide bonds. The van der Waals surface area contributed by atoms with Crippen LogP contribution in [0.5, 0.6) is 5.75 Å². The number of allylic oxidation sites excluding steroid dienone is 5. The fourth-order valence-electron chi connectivity index (χ4n) is 2.93. The van der Waals surface area contributed by atoms with Crippen molar-refractivity contribution in [3.63, 3.8) is 0 Å². The second-order valence-electron chi connectivity index (χ2n) is 5.93. The number of para-hydroxylation sites is 1. The molecule has 1 N–H and O–H groups in total. The van der Waals surface area contributed by atoms with E-state index < -0.39 is 0 Å². The molecule has 0 unspecified atom stereocenters. The van der Waals surface area contributed by atoms with Gasteiger partial charge in [0, 0.05) is 23.6 Å². The zero-order chi connectivity index (χ0) is 19.2. The highest BCUT2D eigenvalue weighted by Crippen LogP contribution is 2.33. The lowest BCUT2D eigenvalue weighted by Gasteiger charge is -2.12. The first kappa shape index (κ1) is 18.4. The lowest BCUT2D eigenvalue weighted by atomic mass is 10.0. The molecule has 0 aliphatic carbocycles. The topological polar surface area (TPSA) is 47.0 Å². The molecule has 0 atom stereocenters. The smallest absolute Gasteiger partial charge is 0.162 e. The molecule has 1 heterocycles. The van der Waals surface area contributed by atoms with Gasteiger partial charge in [0.2, 0.25) is 0 Å². The van der Waals surface area contributed by atoms with Crippen molar-refractivity contribution in [1.29, 1.82) is 0 Å². The molecule has 0 radical (unpaired) electrons. The summed E-state index contributed by atoms with van der Waals surface area (Å²) >= 11 is 0. The highest BCUT2D eigenvalue weighted by atomic mass is 16.5. The quantitative estimate of drug-likeness (QED) is 0.592. The number of rotatable bonds is 6. The molecule has 0 fully saturated rings. The van der Waals surface area contributed by atoms with Gasteiger partial charge in [-0.2, -0.15) is 0 Å². The van der Waals surface area contributed by atoms with Gasteiger partial charge >= 0.3 is 0 Å². The molecule has 0 saturated heterocycles. The van der Waals surface area contributed by atoms with Gasteiger partial charge < -0.3 is 10.1 Å². The Morgan fingerprint density at radius 3 is 2.67 bits per heavy atom. The Bertz CT molecular complexity index is 1030. The Kier molecular flexibility index (Phi) is 5.67. The third-order valence-electron chi connectivity index (χ3n) is 4.29. The van der Waals surface area contributed by atoms with Crippen molar-refractivity contribution in [3.8, 4) is 16.9 Å². The zero-order valence-corrected chi connectivity index (χ0v) is 15.9. The molecule has 0 spiro atoms. The van der Waals surface area contributed by atoms with Crippen molar-refractivity contribution in [2.75, 3.05) is 19.5 Å². The highest BCUT2D eigenvalue weighted by Gasteiger charge is 2.13. The number of benzene rings is 2. The summed E-state index contributed by atoms with van der Waals surface area (Å²) in [6.45, 7) is 5.88. The van der Waals surface area contributed by atoms with Gasteiger partial charge in [0.15, 0.2) is 5.82 Å². The molecule has 4 nitrogen and oxygen atoms in total. The highest BCUT2D eigenvalue weighted by molar-refractivity contribution is 6.00. The van der Waals surface area contributed by atoms with Gasteiger partial charge in [-0.1, -0.05) is 55.1 Å². The van der Waals surface area contributed by atoms with E-state index in [1.165, 1.54) is 0 Å². The van der Waals surface area contributed by atoms with Crippen molar-refractivity contribution >= 4 is 22.3 Å². The van der Waals surface area contributed by atoms with Crippen LogP contribution < -0.4 is 10.1 Å². The van der Waals surface area contributed by atoms with E-state index in [9.17, 15) is 0 Å². The number of ether oxygens (including phenoxy) is 1. The molecule has 0 aliphatic heterocycles. The zero-order valence-electron chi connectivity index (χ0n) is 15.9. The lowest BCUT2D eigenvalue weighted by Crippen LogP contribution is -2.01. The fraction of sp³-hybridized carbons (Fsp3) is 0.130. The normalized spacial score (nSPS) is 11.7. The van der Waals surface area contributed by atoms with Crippen LogP contribution in [0.2, 0.25) is 0 Å². The minimum Gasteiger partial charge on any atom is -0.497 e. The van der Waals surface area contributed by atoms with E-state index in [0.29, 0.717) is 5.82 Å². The first-order valence-corrected chi connectivity index (χ1v) is 8.80. The molecule has 136 valence electrons. The third kappa shape index (κ3) is 3.75. The molecule has 4 heteroatoms. The van der Waals surface area contributed by atoms with Crippen LogP contribution in [0.4, 0.5) is 5.82 Å². The summed E-state index contributed by atoms with van der Waals surface area (Å²) in [4.78, 5) is 9.57. The molecule has 0 aliphatic rings. The predicted molar refractivity (Wildman–Crippen MR) is 114 cm³/mol. The van der Waals surface area contributed by atoms with E-state index in [1.807, 2.05) is 62.5 Å². The number of fused-ring (bicyclic) bond motifs is 1. The van der Waals surface area contributed by atoms with Gasteiger partial charge in [0.05, 0.1) is 12.6 Å². The molecule has 2 aromatic carbocycles. The van der Waals surface area contributed by atoms with Gasteiger partial charge in [-0.25, -0.2) is 9.97 Å². The van der Waals surface area contributed by atoms with Crippen molar-refractivity contribution in [2.24, 2.45) is 0 Å². The second-order valence-corrected chi connectivity index (χ2v) is 5.93. The Hall–Kier alpha value is -3.40. The number of aromatic nitrogens is 2. The number of methoxy groups -OCH3 is 1. The van der Waals surface area contributed by atoms with E-state index in [4.69, 9.17) is 14.7 Å². The summed E-state index contributed by atoms with van der Waals surface area (Å²) in [5.41, 5.74) is 3.82. The van der Waals surface area contributed by atoms with Crippen LogP contribution in [0.1, 0.15) is 12.7 Å². The second kappa shape index (κ2) is 8.32. The molecule has 1 aromatic heterocycles. The van der Waals surface area contributed by atoms with Crippen LogP contribution in [0, 0.1) is 0 Å². The van der Waals surface area contributed by atoms with Gasteiger partial charge in [-0.3, -0.25) is 0 Å². The molecular formula is C23H23N3O. The summed E-state index contributed by atoms with van der Waals surface area (Å²) in [6, 6.07) is 14.1. The van der Waals surface area contributed by atoms with Crippen LogP contribution in [0.3, 0.4) is 0 Å². The van der Waals surface area contributed by atoms with Crippen molar-refractivity contribution < 1.29 is 4.74 Å². The van der Waals surface area contributed by atoms with Gasteiger partial charge in [0.25, 0.3) is 0 Å². The minimum absolute atomic E-state index is 0.635. The van der Waals surface area contributed by atoms with Crippen LogP contribution in [-0.2, 0) is 0 Å². The van der Waals surface area contributed by atoms with Crippen LogP contribution in [-0.4, -0.2) is 24.1 Å². The Labute approximate surface area is 159 Å². The number of nitrogens with one attached hydrogen (secondary N) is 1. The van der Waals surface area contributed by atoms with Crippen molar-refractivity contribution in [1.82, 2.24) is 9.97 Å². The average Bonchev–Trinajstić information content (AvgIpc) is 2.73. The fourth-order valence-corrected chi connectivity index (χ4v) is 2.93. The molecule has 3 rings (SSSR count). The lowest BCUT2D eigenvalue weighted by molar-refractivity contribution is 0.415. The van der Waals surface area contributed by atoms with Crippen LogP contribution in [0.15, 0.2) is 73.3 Å². The van der Waals surface area contributed by atoms with Crippen LogP contribution >= 0.6 is 0 Å². The van der Waals surface area contributed by atoms with E-state index in [2.05, 4.69) is 24.0 Å². The third-order valence-corrected chi connectivity index (χ3v) is 4.29. The van der Waals surface area contributed by atoms with Gasteiger partial charge in [0.1, 0.15) is 11.6 Å². The number of nitrogens with zero attached hydrogens (tertiary/aromatic N) is 2. The first-order chi connectivity index (χ1) is 13.2. The van der Waals surface area contributed by atoms with Gasteiger partial charge in [-0.15, -0.1) is 0 Å². The first-order valence-electron chi connectivity index (χ1n) is 8.80. The monoisotopic (exact) mass is 357 g/mol. The molecule has 27 heavy (non-hydrogen) atoms. The maximum Gasteiger partial charge on any atom is 0.162 e. The van der Waals surface area contributed by atoms with E-state index >= 15 is 0 Å². The van der Waals surface area contributed by atoms with Crippen molar-refractivity contribution in [2.45, 2.75) is 6.92 Å². The summed E-state index contributed by atoms with van der Waals surface area (Å²) in [5.74, 6) is 2.23. The maximum absolute atomic E-state index is 5.38. The Morgan fingerprint density at radius 1 is 1.15 bits per heavy atom. The predicted octanol–water partition coefficient (Wildman–Crippen LogP) is 5.49. The molecule has 0 bridgehead atoms. The molecule has 3 aromatic rings. The summed E-state index contributed by atoms with van der Waals surface area (Å²) in [5, 5.41) is 4.16. The maximum atomic E-state index is 5.38. The Morgan fingerprint density at radius 2 is 1.96 bits per heavy atom. The minimum atomic E-state index is 0.635. The van der Waals surface area contributed by atoms with Gasteiger partial charge in [-0.05, 0) is 30.7 Å². The number of hydrogen-bond acceptors (Lipinski definition) is 4. The molecular weight excluding hydrogens is 334 g/mol. The van der Waals surface area contributed by atoms with E-state index in [0.717, 1.165) is 39.2 Å². The number of anilines is 1. The SMILES string of the molecule is C=C/C(=C\C=C/C)c1nc(NC)c2cccc(-c3cccc(OC)c3)c2n1. The standard InChI is InChI=1S/C23H23N3O/c1-5-7-10-16(6-2)22-25-21-19(17-11-8-12-18(15-17)27-4)13-9-14-20(21)23(24-3)26-22/h5-15H,2H2,1,3-4H3,(H,24,25,26)/b7-5-,16-10+. The van der Waals surface area contributed by atoms with Crippen molar-refractivity contribution in [3.05, 3.63) is 79.2 Å². The average molecular weight is 357 g/mol. The Balaban J connectivity index is 2.30. The summed E-state index contributed by atoms with van der Waals surface area (Å²) in [7, 11) is 3.54. The van der Waals surface area contributed by atoms with E-state index in [1.54, 1.807) is 13.2 Å². The molecule has 0 saturated carbocycles. The summed E-state index contributed by atoms with van der Waals surface area (Å²) in [6.07, 6.45) is 7.65. The number of hydrogen-bond donors (Lipinski definition) is 1. The van der Waals surface area contributed by atoms with Crippen LogP contribution in [0.25, 0.3) is 27.6 Å². The van der Waals surface area contributed by atoms with E-state index in [-0.39, 0.29) is 0 Å².